The van der Waals surface area contributed by atoms with Gasteiger partial charge < -0.3 is 4.74 Å². The van der Waals surface area contributed by atoms with Crippen LogP contribution in [-0.2, 0) is 11.3 Å². The van der Waals surface area contributed by atoms with E-state index in [1.165, 1.54) is 10.8 Å². The standard InChI is InChI=1S/C14H18N4O3/c15-9-11-10-18(12-1-2-12)14(20)17(13(11)19)4-3-16-5-7-21-8-6-16/h10,12H,1-8H2. The normalized spacial score (nSPS) is 19.4. The highest BCUT2D eigenvalue weighted by Crippen LogP contribution is 2.33. The fourth-order valence-electron chi connectivity index (χ4n) is 2.58. The molecule has 1 aliphatic carbocycles. The van der Waals surface area contributed by atoms with Crippen LogP contribution in [0.15, 0.2) is 15.8 Å². The number of rotatable bonds is 4. The maximum absolute atomic E-state index is 12.4. The van der Waals surface area contributed by atoms with Gasteiger partial charge in [-0.25, -0.2) is 4.79 Å². The summed E-state index contributed by atoms with van der Waals surface area (Å²) in [5.74, 6) is 0. The second-order valence-corrected chi connectivity index (χ2v) is 5.49. The zero-order chi connectivity index (χ0) is 14.8. The molecule has 0 radical (unpaired) electrons. The third-order valence-electron chi connectivity index (χ3n) is 4.00. The Bertz CT molecular complexity index is 675. The van der Waals surface area contributed by atoms with Gasteiger partial charge in [0.15, 0.2) is 0 Å². The second kappa shape index (κ2) is 5.84. The Balaban J connectivity index is 1.86. The lowest BCUT2D eigenvalue weighted by Gasteiger charge is -2.26. The van der Waals surface area contributed by atoms with Crippen LogP contribution < -0.4 is 11.2 Å². The first kappa shape index (κ1) is 14.0. The number of nitriles is 1. The monoisotopic (exact) mass is 290 g/mol. The van der Waals surface area contributed by atoms with Crippen molar-refractivity contribution in [2.75, 3.05) is 32.8 Å². The molecule has 0 aromatic carbocycles. The predicted octanol–water partition coefficient (Wildman–Crippen LogP) is -0.451. The van der Waals surface area contributed by atoms with Crippen molar-refractivity contribution in [3.63, 3.8) is 0 Å². The van der Waals surface area contributed by atoms with Gasteiger partial charge in [-0.2, -0.15) is 5.26 Å². The molecule has 0 N–H and O–H groups in total. The molecule has 0 amide bonds. The van der Waals surface area contributed by atoms with Crippen molar-refractivity contribution >= 4 is 0 Å². The van der Waals surface area contributed by atoms with Crippen LogP contribution >= 0.6 is 0 Å². The highest BCUT2D eigenvalue weighted by atomic mass is 16.5. The van der Waals surface area contributed by atoms with Crippen molar-refractivity contribution in [2.24, 2.45) is 0 Å². The fraction of sp³-hybridized carbons (Fsp3) is 0.643. The third-order valence-corrected chi connectivity index (χ3v) is 4.00. The molecule has 21 heavy (non-hydrogen) atoms. The van der Waals surface area contributed by atoms with Gasteiger partial charge in [0, 0.05) is 38.4 Å². The summed E-state index contributed by atoms with van der Waals surface area (Å²) in [6.45, 7) is 3.92. The van der Waals surface area contributed by atoms with Crippen LogP contribution in [0, 0.1) is 11.3 Å². The lowest BCUT2D eigenvalue weighted by atomic mass is 10.3. The van der Waals surface area contributed by atoms with E-state index in [1.54, 1.807) is 4.57 Å². The van der Waals surface area contributed by atoms with Crippen LogP contribution in [-0.4, -0.2) is 46.9 Å². The van der Waals surface area contributed by atoms with Crippen molar-refractivity contribution in [3.8, 4) is 6.07 Å². The van der Waals surface area contributed by atoms with Crippen LogP contribution in [0.5, 0.6) is 0 Å². The molecule has 2 fully saturated rings. The molecule has 3 rings (SSSR count). The SMILES string of the molecule is N#Cc1cn(C2CC2)c(=O)n(CCN2CCOCC2)c1=O. The summed E-state index contributed by atoms with van der Waals surface area (Å²) in [7, 11) is 0. The second-order valence-electron chi connectivity index (χ2n) is 5.49. The van der Waals surface area contributed by atoms with Crippen LogP contribution in [0.25, 0.3) is 0 Å². The topological polar surface area (TPSA) is 80.3 Å². The number of aromatic nitrogens is 2. The molecule has 2 heterocycles. The fourth-order valence-corrected chi connectivity index (χ4v) is 2.58. The number of morpholine rings is 1. The minimum atomic E-state index is -0.479. The van der Waals surface area contributed by atoms with Gasteiger partial charge in [0.25, 0.3) is 5.56 Å². The summed E-state index contributed by atoms with van der Waals surface area (Å²) < 4.78 is 8.02. The van der Waals surface area contributed by atoms with Crippen LogP contribution in [0.1, 0.15) is 24.4 Å². The Morgan fingerprint density at radius 1 is 1.24 bits per heavy atom. The molecular formula is C14H18N4O3. The minimum Gasteiger partial charge on any atom is -0.379 e. The van der Waals surface area contributed by atoms with Crippen LogP contribution in [0.3, 0.4) is 0 Å². The first-order chi connectivity index (χ1) is 10.2. The van der Waals surface area contributed by atoms with E-state index in [4.69, 9.17) is 10.00 Å². The quantitative estimate of drug-likeness (QED) is 0.750. The van der Waals surface area contributed by atoms with Crippen molar-refractivity contribution in [2.45, 2.75) is 25.4 Å². The molecule has 7 nitrogen and oxygen atoms in total. The van der Waals surface area contributed by atoms with Gasteiger partial charge in [0.1, 0.15) is 11.6 Å². The van der Waals surface area contributed by atoms with Gasteiger partial charge in [-0.3, -0.25) is 18.8 Å². The van der Waals surface area contributed by atoms with E-state index >= 15 is 0 Å². The van der Waals surface area contributed by atoms with Gasteiger partial charge >= 0.3 is 5.69 Å². The molecular weight excluding hydrogens is 272 g/mol. The Morgan fingerprint density at radius 2 is 1.95 bits per heavy atom. The van der Waals surface area contributed by atoms with Crippen molar-refractivity contribution < 1.29 is 4.74 Å². The van der Waals surface area contributed by atoms with E-state index in [0.717, 1.165) is 25.9 Å². The zero-order valence-electron chi connectivity index (χ0n) is 11.8. The van der Waals surface area contributed by atoms with Gasteiger partial charge in [-0.1, -0.05) is 0 Å². The van der Waals surface area contributed by atoms with Crippen molar-refractivity contribution in [1.29, 1.82) is 5.26 Å². The predicted molar refractivity (Wildman–Crippen MR) is 75.2 cm³/mol. The Kier molecular flexibility index (Phi) is 3.90. The Labute approximate surface area is 122 Å². The summed E-state index contributed by atoms with van der Waals surface area (Å²) in [4.78, 5) is 26.7. The first-order valence-electron chi connectivity index (χ1n) is 7.27. The molecule has 1 saturated heterocycles. The molecule has 1 aromatic heterocycles. The lowest BCUT2D eigenvalue weighted by molar-refractivity contribution is 0.0361. The van der Waals surface area contributed by atoms with E-state index in [0.29, 0.717) is 26.3 Å². The van der Waals surface area contributed by atoms with E-state index in [-0.39, 0.29) is 17.3 Å². The number of hydrogen-bond acceptors (Lipinski definition) is 5. The van der Waals surface area contributed by atoms with Crippen molar-refractivity contribution in [1.82, 2.24) is 14.0 Å². The molecule has 0 bridgehead atoms. The summed E-state index contributed by atoms with van der Waals surface area (Å²) in [6, 6.07) is 2.05. The summed E-state index contributed by atoms with van der Waals surface area (Å²) in [5.41, 5.74) is -0.731. The number of nitrogens with zero attached hydrogens (tertiary/aromatic N) is 4. The summed E-state index contributed by atoms with van der Waals surface area (Å²) in [6.07, 6.45) is 3.28. The molecule has 1 aromatic rings. The lowest BCUT2D eigenvalue weighted by Crippen LogP contribution is -2.45. The van der Waals surface area contributed by atoms with Crippen LogP contribution in [0.2, 0.25) is 0 Å². The average molecular weight is 290 g/mol. The molecule has 0 atom stereocenters. The summed E-state index contributed by atoms with van der Waals surface area (Å²) >= 11 is 0. The summed E-state index contributed by atoms with van der Waals surface area (Å²) in [5, 5.41) is 9.07. The van der Waals surface area contributed by atoms with Crippen molar-refractivity contribution in [3.05, 3.63) is 32.6 Å². The molecule has 7 heteroatoms. The molecule has 0 spiro atoms. The number of hydrogen-bond donors (Lipinski definition) is 0. The maximum Gasteiger partial charge on any atom is 0.331 e. The molecule has 2 aliphatic rings. The van der Waals surface area contributed by atoms with Gasteiger partial charge in [-0.15, -0.1) is 0 Å². The highest BCUT2D eigenvalue weighted by molar-refractivity contribution is 5.23. The van der Waals surface area contributed by atoms with Crippen LogP contribution in [0.4, 0.5) is 0 Å². The average Bonchev–Trinajstić information content (AvgIpc) is 3.33. The zero-order valence-corrected chi connectivity index (χ0v) is 11.8. The largest absolute Gasteiger partial charge is 0.379 e. The van der Waals surface area contributed by atoms with E-state index in [9.17, 15) is 9.59 Å². The van der Waals surface area contributed by atoms with Gasteiger partial charge in [-0.05, 0) is 12.8 Å². The molecule has 112 valence electrons. The Hall–Kier alpha value is -1.91. The van der Waals surface area contributed by atoms with Gasteiger partial charge in [0.05, 0.1) is 13.2 Å². The molecule has 1 aliphatic heterocycles. The minimum absolute atomic E-state index is 0.0449. The Morgan fingerprint density at radius 3 is 2.57 bits per heavy atom. The number of ether oxygens (including phenoxy) is 1. The first-order valence-corrected chi connectivity index (χ1v) is 7.27. The molecule has 0 unspecified atom stereocenters. The highest BCUT2D eigenvalue weighted by Gasteiger charge is 2.27. The van der Waals surface area contributed by atoms with E-state index < -0.39 is 5.56 Å². The van der Waals surface area contributed by atoms with E-state index in [1.807, 2.05) is 6.07 Å². The van der Waals surface area contributed by atoms with Gasteiger partial charge in [0.2, 0.25) is 0 Å². The third kappa shape index (κ3) is 2.91. The smallest absolute Gasteiger partial charge is 0.331 e. The maximum atomic E-state index is 12.4. The van der Waals surface area contributed by atoms with E-state index in [2.05, 4.69) is 4.90 Å². The molecule has 1 saturated carbocycles.